The summed E-state index contributed by atoms with van der Waals surface area (Å²) in [6, 6.07) is 4.69. The molecule has 0 fully saturated rings. The maximum atomic E-state index is 2.38. The second-order valence-corrected chi connectivity index (χ2v) is 9.20. The molecule has 29 heavy (non-hydrogen) atoms. The number of nitrogens with zero attached hydrogens (tertiary/aromatic N) is 1. The van der Waals surface area contributed by atoms with Crippen LogP contribution in [-0.4, -0.2) is 0 Å². The first-order valence-electron chi connectivity index (χ1n) is 13.3. The largest absolute Gasteiger partial charge is 0.205 e. The zero-order valence-corrected chi connectivity index (χ0v) is 20.1. The molecule has 0 aliphatic heterocycles. The lowest BCUT2D eigenvalue weighted by molar-refractivity contribution is -0.697. The van der Waals surface area contributed by atoms with Gasteiger partial charge >= 0.3 is 0 Å². The highest BCUT2D eigenvalue weighted by Gasteiger charge is 2.02. The normalized spacial score (nSPS) is 11.2. The topological polar surface area (TPSA) is 3.88 Å². The van der Waals surface area contributed by atoms with Crippen molar-refractivity contribution in [3.05, 3.63) is 30.1 Å². The van der Waals surface area contributed by atoms with Crippen LogP contribution in [0.2, 0.25) is 0 Å². The molecule has 0 N–H and O–H groups in total. The van der Waals surface area contributed by atoms with Crippen molar-refractivity contribution >= 4 is 0 Å². The standard InChI is InChI=1S/C28H52N/c1-3-5-7-9-11-12-13-14-15-17-19-21-25-29-26-23-28(24-27-29)22-20-18-16-10-8-6-4-2/h23-24,26-27H,3-22,25H2,1-2H3/q+1. The Labute approximate surface area is 183 Å². The fraction of sp³-hybridized carbons (Fsp3) is 0.821. The molecule has 0 unspecified atom stereocenters. The van der Waals surface area contributed by atoms with Crippen LogP contribution in [-0.2, 0) is 13.0 Å². The average molecular weight is 403 g/mol. The number of aryl methyl sites for hydroxylation is 2. The minimum absolute atomic E-state index is 1.19. The van der Waals surface area contributed by atoms with Gasteiger partial charge in [0.15, 0.2) is 12.4 Å². The van der Waals surface area contributed by atoms with Crippen LogP contribution in [0.4, 0.5) is 0 Å². The van der Waals surface area contributed by atoms with Gasteiger partial charge in [-0.05, 0) is 24.8 Å². The van der Waals surface area contributed by atoms with E-state index in [2.05, 4.69) is 42.9 Å². The van der Waals surface area contributed by atoms with E-state index in [0.29, 0.717) is 0 Å². The first-order valence-corrected chi connectivity index (χ1v) is 13.3. The Bertz CT molecular complexity index is 436. The molecule has 1 aromatic heterocycles. The summed E-state index contributed by atoms with van der Waals surface area (Å²) < 4.78 is 2.38. The van der Waals surface area contributed by atoms with Crippen molar-refractivity contribution in [2.75, 3.05) is 0 Å². The first kappa shape index (κ1) is 26.2. The highest BCUT2D eigenvalue weighted by Crippen LogP contribution is 2.12. The minimum atomic E-state index is 1.19. The molecule has 1 aromatic rings. The van der Waals surface area contributed by atoms with Crippen LogP contribution in [0.5, 0.6) is 0 Å². The summed E-state index contributed by atoms with van der Waals surface area (Å²) in [5, 5.41) is 0. The Kier molecular flexibility index (Phi) is 18.4. The fourth-order valence-electron chi connectivity index (χ4n) is 4.23. The van der Waals surface area contributed by atoms with E-state index in [1.807, 2.05) is 0 Å². The molecular weight excluding hydrogens is 350 g/mol. The lowest BCUT2D eigenvalue weighted by Gasteiger charge is -2.03. The first-order chi connectivity index (χ1) is 14.4. The van der Waals surface area contributed by atoms with E-state index in [4.69, 9.17) is 0 Å². The lowest BCUT2D eigenvalue weighted by Crippen LogP contribution is -2.32. The number of hydrogen-bond acceptors (Lipinski definition) is 0. The summed E-state index contributed by atoms with van der Waals surface area (Å²) in [7, 11) is 0. The molecular formula is C28H52N+. The molecule has 0 bridgehead atoms. The van der Waals surface area contributed by atoms with Crippen LogP contribution < -0.4 is 4.57 Å². The maximum absolute atomic E-state index is 2.38. The van der Waals surface area contributed by atoms with Gasteiger partial charge < -0.3 is 0 Å². The molecule has 0 aliphatic rings. The number of pyridine rings is 1. The molecule has 0 radical (unpaired) electrons. The third-order valence-electron chi connectivity index (χ3n) is 6.30. The van der Waals surface area contributed by atoms with Crippen molar-refractivity contribution in [3.8, 4) is 0 Å². The summed E-state index contributed by atoms with van der Waals surface area (Å²) in [4.78, 5) is 0. The molecule has 0 atom stereocenters. The molecule has 0 spiro atoms. The Morgan fingerprint density at radius 2 is 0.862 bits per heavy atom. The zero-order chi connectivity index (χ0) is 20.8. The van der Waals surface area contributed by atoms with Crippen molar-refractivity contribution < 1.29 is 4.57 Å². The summed E-state index contributed by atoms with van der Waals surface area (Å²) in [5.41, 5.74) is 1.52. The van der Waals surface area contributed by atoms with Crippen LogP contribution in [0.3, 0.4) is 0 Å². The molecule has 1 heteroatoms. The predicted molar refractivity (Wildman–Crippen MR) is 129 cm³/mol. The van der Waals surface area contributed by atoms with Crippen LogP contribution in [0.25, 0.3) is 0 Å². The third-order valence-corrected chi connectivity index (χ3v) is 6.30. The summed E-state index contributed by atoms with van der Waals surface area (Å²) in [6.45, 7) is 5.78. The Morgan fingerprint density at radius 1 is 0.483 bits per heavy atom. The molecule has 1 heterocycles. The van der Waals surface area contributed by atoms with Crippen molar-refractivity contribution in [2.45, 2.75) is 149 Å². The van der Waals surface area contributed by atoms with Gasteiger partial charge in [-0.15, -0.1) is 0 Å². The molecule has 0 aliphatic carbocycles. The average Bonchev–Trinajstić information content (AvgIpc) is 2.75. The van der Waals surface area contributed by atoms with Gasteiger partial charge in [-0.1, -0.05) is 117 Å². The quantitative estimate of drug-likeness (QED) is 0.143. The van der Waals surface area contributed by atoms with Gasteiger partial charge in [0.2, 0.25) is 0 Å². The van der Waals surface area contributed by atoms with E-state index in [-0.39, 0.29) is 0 Å². The van der Waals surface area contributed by atoms with E-state index in [9.17, 15) is 0 Å². The molecule has 1 rings (SSSR count). The summed E-state index contributed by atoms with van der Waals surface area (Å²) in [6.07, 6.45) is 32.8. The molecule has 0 aromatic carbocycles. The highest BCUT2D eigenvalue weighted by molar-refractivity contribution is 5.07. The SMILES string of the molecule is CCCCCCCCCCCCCC[n+]1ccc(CCCCCCCCC)cc1. The van der Waals surface area contributed by atoms with E-state index >= 15 is 0 Å². The van der Waals surface area contributed by atoms with Gasteiger partial charge in [0, 0.05) is 18.6 Å². The molecule has 0 amide bonds. The number of unbranched alkanes of at least 4 members (excludes halogenated alkanes) is 17. The van der Waals surface area contributed by atoms with E-state index in [1.54, 1.807) is 0 Å². The highest BCUT2D eigenvalue weighted by atomic mass is 14.9. The number of hydrogen-bond donors (Lipinski definition) is 0. The second-order valence-electron chi connectivity index (χ2n) is 9.20. The maximum Gasteiger partial charge on any atom is 0.169 e. The number of rotatable bonds is 21. The molecule has 1 nitrogen and oxygen atoms in total. The molecule has 0 saturated heterocycles. The van der Waals surface area contributed by atoms with Gasteiger partial charge in [0.25, 0.3) is 0 Å². The third kappa shape index (κ3) is 16.6. The summed E-state index contributed by atoms with van der Waals surface area (Å²) >= 11 is 0. The van der Waals surface area contributed by atoms with Crippen molar-refractivity contribution in [2.24, 2.45) is 0 Å². The Balaban J connectivity index is 1.91. The van der Waals surface area contributed by atoms with Gasteiger partial charge in [-0.3, -0.25) is 0 Å². The van der Waals surface area contributed by atoms with E-state index in [1.165, 1.54) is 141 Å². The van der Waals surface area contributed by atoms with Crippen LogP contribution in [0.1, 0.15) is 141 Å². The van der Waals surface area contributed by atoms with Crippen molar-refractivity contribution in [1.82, 2.24) is 0 Å². The Hall–Kier alpha value is -0.850. The summed E-state index contributed by atoms with van der Waals surface area (Å²) in [5.74, 6) is 0. The molecule has 0 saturated carbocycles. The predicted octanol–water partition coefficient (Wildman–Crippen LogP) is 8.97. The van der Waals surface area contributed by atoms with Gasteiger partial charge in [-0.25, -0.2) is 4.57 Å². The lowest BCUT2D eigenvalue weighted by atomic mass is 10.0. The van der Waals surface area contributed by atoms with Crippen LogP contribution >= 0.6 is 0 Å². The zero-order valence-electron chi connectivity index (χ0n) is 20.1. The van der Waals surface area contributed by atoms with Crippen molar-refractivity contribution in [1.29, 1.82) is 0 Å². The Morgan fingerprint density at radius 3 is 1.31 bits per heavy atom. The van der Waals surface area contributed by atoms with Gasteiger partial charge in [0.05, 0.1) is 0 Å². The minimum Gasteiger partial charge on any atom is -0.205 e. The van der Waals surface area contributed by atoms with Crippen LogP contribution in [0, 0.1) is 0 Å². The fourth-order valence-corrected chi connectivity index (χ4v) is 4.23. The smallest absolute Gasteiger partial charge is 0.169 e. The molecule has 168 valence electrons. The number of aromatic nitrogens is 1. The van der Waals surface area contributed by atoms with E-state index in [0.717, 1.165) is 0 Å². The van der Waals surface area contributed by atoms with Crippen LogP contribution in [0.15, 0.2) is 24.5 Å². The van der Waals surface area contributed by atoms with E-state index < -0.39 is 0 Å². The van der Waals surface area contributed by atoms with Gasteiger partial charge in [0.1, 0.15) is 6.54 Å². The monoisotopic (exact) mass is 402 g/mol. The van der Waals surface area contributed by atoms with Crippen molar-refractivity contribution in [3.63, 3.8) is 0 Å². The second kappa shape index (κ2) is 20.4. The van der Waals surface area contributed by atoms with Gasteiger partial charge in [-0.2, -0.15) is 0 Å².